The van der Waals surface area contributed by atoms with Crippen LogP contribution in [0.15, 0.2) is 18.2 Å². The summed E-state index contributed by atoms with van der Waals surface area (Å²) in [6.45, 7) is 1.55. The van der Waals surface area contributed by atoms with Gasteiger partial charge >= 0.3 is 0 Å². The highest BCUT2D eigenvalue weighted by Gasteiger charge is 2.12. The minimum Gasteiger partial charge on any atom is -0.213 e. The van der Waals surface area contributed by atoms with Crippen LogP contribution in [0.4, 0.5) is 8.78 Å². The predicted octanol–water partition coefficient (Wildman–Crippen LogP) is 1.57. The second kappa shape index (κ2) is 4.24. The Kier molecular flexibility index (Phi) is 3.41. The van der Waals surface area contributed by atoms with Gasteiger partial charge in [-0.05, 0) is 24.6 Å². The van der Waals surface area contributed by atoms with E-state index in [4.69, 9.17) is 0 Å². The quantitative estimate of drug-likeness (QED) is 0.864. The minimum absolute atomic E-state index is 0.374. The van der Waals surface area contributed by atoms with Gasteiger partial charge in [-0.25, -0.2) is 21.9 Å². The fourth-order valence-electron chi connectivity index (χ4n) is 1.17. The maximum absolute atomic E-state index is 12.8. The van der Waals surface area contributed by atoms with Gasteiger partial charge in [0, 0.05) is 6.04 Å². The molecule has 0 bridgehead atoms. The topological polar surface area (TPSA) is 46.2 Å². The fraction of sp³-hybridized carbons (Fsp3) is 0.333. The minimum atomic E-state index is -3.36. The summed E-state index contributed by atoms with van der Waals surface area (Å²) >= 11 is 0. The average Bonchev–Trinajstić information content (AvgIpc) is 2.06. The molecule has 0 spiro atoms. The van der Waals surface area contributed by atoms with Crippen molar-refractivity contribution >= 4 is 10.0 Å². The molecule has 0 aliphatic heterocycles. The predicted molar refractivity (Wildman–Crippen MR) is 52.8 cm³/mol. The molecular weight excluding hydrogens is 224 g/mol. The van der Waals surface area contributed by atoms with E-state index in [-0.39, 0.29) is 0 Å². The molecule has 1 N–H and O–H groups in total. The zero-order chi connectivity index (χ0) is 11.6. The van der Waals surface area contributed by atoms with Crippen molar-refractivity contribution in [2.45, 2.75) is 13.0 Å². The molecule has 6 heteroatoms. The molecule has 0 radical (unpaired) electrons. The highest BCUT2D eigenvalue weighted by molar-refractivity contribution is 7.88. The monoisotopic (exact) mass is 235 g/mol. The lowest BCUT2D eigenvalue weighted by Crippen LogP contribution is -2.25. The van der Waals surface area contributed by atoms with Crippen molar-refractivity contribution in [2.24, 2.45) is 0 Å². The van der Waals surface area contributed by atoms with Crippen LogP contribution in [0, 0.1) is 11.6 Å². The molecular formula is C9H11F2NO2S. The van der Waals surface area contributed by atoms with Crippen molar-refractivity contribution in [1.29, 1.82) is 0 Å². The van der Waals surface area contributed by atoms with E-state index in [0.717, 1.165) is 18.4 Å². The zero-order valence-electron chi connectivity index (χ0n) is 8.29. The lowest BCUT2D eigenvalue weighted by molar-refractivity contribution is 0.504. The Bertz CT molecular complexity index is 459. The third-order valence-corrected chi connectivity index (χ3v) is 2.62. The SMILES string of the molecule is CC(NS(C)(=O)=O)c1ccc(F)c(F)c1. The highest BCUT2D eigenvalue weighted by Crippen LogP contribution is 2.16. The number of hydrogen-bond donors (Lipinski definition) is 1. The third kappa shape index (κ3) is 3.56. The second-order valence-electron chi connectivity index (χ2n) is 3.29. The van der Waals surface area contributed by atoms with Crippen LogP contribution in [0.5, 0.6) is 0 Å². The summed E-state index contributed by atoms with van der Waals surface area (Å²) in [5.74, 6) is -1.94. The molecule has 0 fully saturated rings. The van der Waals surface area contributed by atoms with E-state index in [9.17, 15) is 17.2 Å². The lowest BCUT2D eigenvalue weighted by atomic mass is 10.1. The molecule has 0 aliphatic rings. The second-order valence-corrected chi connectivity index (χ2v) is 5.07. The zero-order valence-corrected chi connectivity index (χ0v) is 9.11. The van der Waals surface area contributed by atoms with Gasteiger partial charge in [-0.2, -0.15) is 0 Å². The summed E-state index contributed by atoms with van der Waals surface area (Å²) < 4.78 is 49.4. The first-order chi connectivity index (χ1) is 6.79. The summed E-state index contributed by atoms with van der Waals surface area (Å²) in [5.41, 5.74) is 0.374. The van der Waals surface area contributed by atoms with Crippen LogP contribution in [-0.2, 0) is 10.0 Å². The molecule has 0 saturated heterocycles. The molecule has 1 aromatic carbocycles. The third-order valence-electron chi connectivity index (χ3n) is 1.83. The normalized spacial score (nSPS) is 13.9. The molecule has 0 aliphatic carbocycles. The van der Waals surface area contributed by atoms with Crippen molar-refractivity contribution in [1.82, 2.24) is 4.72 Å². The number of nitrogens with one attached hydrogen (secondary N) is 1. The van der Waals surface area contributed by atoms with Crippen LogP contribution in [0.3, 0.4) is 0 Å². The Morgan fingerprint density at radius 3 is 2.33 bits per heavy atom. The largest absolute Gasteiger partial charge is 0.213 e. The van der Waals surface area contributed by atoms with Gasteiger partial charge in [-0.15, -0.1) is 0 Å². The van der Waals surface area contributed by atoms with Gasteiger partial charge in [0.1, 0.15) is 0 Å². The molecule has 84 valence electrons. The molecule has 0 amide bonds. The number of halogens is 2. The Hall–Kier alpha value is -1.01. The van der Waals surface area contributed by atoms with Gasteiger partial charge < -0.3 is 0 Å². The molecule has 0 heterocycles. The number of sulfonamides is 1. The summed E-state index contributed by atoms with van der Waals surface area (Å²) in [7, 11) is -3.36. The number of hydrogen-bond acceptors (Lipinski definition) is 2. The Labute approximate surface area is 87.2 Å². The van der Waals surface area contributed by atoms with Crippen LogP contribution in [0.25, 0.3) is 0 Å². The van der Waals surface area contributed by atoms with Crippen LogP contribution in [0.2, 0.25) is 0 Å². The smallest absolute Gasteiger partial charge is 0.209 e. The van der Waals surface area contributed by atoms with Crippen molar-refractivity contribution in [3.63, 3.8) is 0 Å². The van der Waals surface area contributed by atoms with Crippen molar-refractivity contribution in [2.75, 3.05) is 6.26 Å². The molecule has 1 rings (SSSR count). The molecule has 0 aromatic heterocycles. The van der Waals surface area contributed by atoms with Crippen LogP contribution in [0.1, 0.15) is 18.5 Å². The van der Waals surface area contributed by atoms with E-state index < -0.39 is 27.7 Å². The van der Waals surface area contributed by atoms with E-state index in [2.05, 4.69) is 4.72 Å². The van der Waals surface area contributed by atoms with Crippen LogP contribution >= 0.6 is 0 Å². The van der Waals surface area contributed by atoms with E-state index in [0.29, 0.717) is 5.56 Å². The molecule has 1 unspecified atom stereocenters. The maximum atomic E-state index is 12.8. The summed E-state index contributed by atoms with van der Waals surface area (Å²) in [6.07, 6.45) is 1.00. The van der Waals surface area contributed by atoms with E-state index >= 15 is 0 Å². The number of benzene rings is 1. The molecule has 1 atom stereocenters. The Balaban J connectivity index is 2.92. The van der Waals surface area contributed by atoms with E-state index in [1.165, 1.54) is 6.07 Å². The summed E-state index contributed by atoms with van der Waals surface area (Å²) in [5, 5.41) is 0. The van der Waals surface area contributed by atoms with E-state index in [1.54, 1.807) is 6.92 Å². The van der Waals surface area contributed by atoms with Crippen molar-refractivity contribution in [3.05, 3.63) is 35.4 Å². The molecule has 15 heavy (non-hydrogen) atoms. The molecule has 1 aromatic rings. The van der Waals surface area contributed by atoms with E-state index in [1.807, 2.05) is 0 Å². The fourth-order valence-corrected chi connectivity index (χ4v) is 1.95. The van der Waals surface area contributed by atoms with Gasteiger partial charge in [0.2, 0.25) is 10.0 Å². The van der Waals surface area contributed by atoms with Gasteiger partial charge in [-0.3, -0.25) is 0 Å². The Morgan fingerprint density at radius 2 is 1.87 bits per heavy atom. The van der Waals surface area contributed by atoms with Crippen LogP contribution < -0.4 is 4.72 Å². The highest BCUT2D eigenvalue weighted by atomic mass is 32.2. The first-order valence-electron chi connectivity index (χ1n) is 4.22. The Morgan fingerprint density at radius 1 is 1.27 bits per heavy atom. The first kappa shape index (κ1) is 12.1. The summed E-state index contributed by atoms with van der Waals surface area (Å²) in [4.78, 5) is 0. The van der Waals surface area contributed by atoms with Gasteiger partial charge in [0.25, 0.3) is 0 Å². The van der Waals surface area contributed by atoms with Gasteiger partial charge in [0.15, 0.2) is 11.6 Å². The summed E-state index contributed by atoms with van der Waals surface area (Å²) in [6, 6.07) is 2.68. The first-order valence-corrected chi connectivity index (χ1v) is 6.11. The van der Waals surface area contributed by atoms with Crippen molar-refractivity contribution < 1.29 is 17.2 Å². The van der Waals surface area contributed by atoms with Crippen molar-refractivity contribution in [3.8, 4) is 0 Å². The van der Waals surface area contributed by atoms with Crippen LogP contribution in [-0.4, -0.2) is 14.7 Å². The lowest BCUT2D eigenvalue weighted by Gasteiger charge is -2.12. The molecule has 0 saturated carbocycles. The number of rotatable bonds is 3. The molecule has 3 nitrogen and oxygen atoms in total. The standard InChI is InChI=1S/C9H11F2NO2S/c1-6(12-15(2,13)14)7-3-4-8(10)9(11)5-7/h3-6,12H,1-2H3. The average molecular weight is 235 g/mol. The van der Waals surface area contributed by atoms with Gasteiger partial charge in [-0.1, -0.05) is 6.07 Å². The van der Waals surface area contributed by atoms with Gasteiger partial charge in [0.05, 0.1) is 6.26 Å². The maximum Gasteiger partial charge on any atom is 0.209 e.